The van der Waals surface area contributed by atoms with E-state index in [9.17, 15) is 75.8 Å². The largest absolute Gasteiger partial charge is 0.460 e. The summed E-state index contributed by atoms with van der Waals surface area (Å²) in [4.78, 5) is 38.3. The normalized spacial score (nSPS) is 16.0. The summed E-state index contributed by atoms with van der Waals surface area (Å²) in [6, 6.07) is 12.0. The van der Waals surface area contributed by atoms with Crippen LogP contribution in [0.4, 0.5) is 61.5 Å². The lowest BCUT2D eigenvalue weighted by molar-refractivity contribution is -0.349. The molecule has 1 unspecified atom stereocenters. The van der Waals surface area contributed by atoms with Crippen LogP contribution in [0.15, 0.2) is 65.8 Å². The van der Waals surface area contributed by atoms with Crippen LogP contribution in [0.25, 0.3) is 0 Å². The van der Waals surface area contributed by atoms with Gasteiger partial charge in [-0.3, -0.25) is 14.4 Å². The molecule has 0 amide bonds. The first kappa shape index (κ1) is 57.1. The van der Waals surface area contributed by atoms with Gasteiger partial charge in [0, 0.05) is 40.7 Å². The average molecular weight is 1040 g/mol. The molecule has 0 saturated heterocycles. The Hall–Kier alpha value is -5.82. The number of hydrogen-bond acceptors (Lipinski definition) is 6. The molecule has 2 aliphatic carbocycles. The second-order valence-corrected chi connectivity index (χ2v) is 18.9. The fourth-order valence-corrected chi connectivity index (χ4v) is 9.24. The maximum absolute atomic E-state index is 14.7. The van der Waals surface area contributed by atoms with Crippen LogP contribution in [-0.2, 0) is 59.4 Å². The van der Waals surface area contributed by atoms with Gasteiger partial charge in [-0.15, -0.1) is 0 Å². The lowest BCUT2D eigenvalue weighted by Gasteiger charge is -2.31. The fraction of sp³-hybridized carbons (Fsp3) is 0.462. The number of ether oxygens (including phenoxy) is 1. The van der Waals surface area contributed by atoms with E-state index in [-0.39, 0.29) is 83.2 Å². The summed E-state index contributed by atoms with van der Waals surface area (Å²) in [5, 5.41) is 12.2. The van der Waals surface area contributed by atoms with Crippen molar-refractivity contribution < 1.29 is 85.8 Å². The van der Waals surface area contributed by atoms with Crippen LogP contribution in [0.5, 0.6) is 0 Å². The molecule has 0 spiro atoms. The Balaban J connectivity index is 0.000000271. The van der Waals surface area contributed by atoms with Gasteiger partial charge in [-0.05, 0) is 141 Å². The van der Waals surface area contributed by atoms with Crippen molar-refractivity contribution in [3.8, 4) is 0 Å². The number of hydrogen-bond donors (Lipinski definition) is 1. The van der Waals surface area contributed by atoms with Crippen molar-refractivity contribution in [3.05, 3.63) is 139 Å². The molecule has 1 atom stereocenters. The minimum atomic E-state index is -6.22. The van der Waals surface area contributed by atoms with E-state index in [0.717, 1.165) is 16.7 Å². The van der Waals surface area contributed by atoms with Gasteiger partial charge in [0.1, 0.15) is 5.60 Å². The lowest BCUT2D eigenvalue weighted by Crippen LogP contribution is -2.50. The molecule has 0 bridgehead atoms. The summed E-state index contributed by atoms with van der Waals surface area (Å²) in [6.45, 7) is 10.9. The van der Waals surface area contributed by atoms with E-state index in [1.807, 2.05) is 0 Å². The summed E-state index contributed by atoms with van der Waals surface area (Å²) < 4.78 is 193. The van der Waals surface area contributed by atoms with E-state index < -0.39 is 58.6 Å². The van der Waals surface area contributed by atoms with E-state index in [1.54, 1.807) is 51.1 Å². The quantitative estimate of drug-likeness (QED) is 0.0502. The molecule has 392 valence electrons. The van der Waals surface area contributed by atoms with E-state index >= 15 is 0 Å². The Morgan fingerprint density at radius 3 is 1.43 bits per heavy atom. The molecule has 0 radical (unpaired) electrons. The van der Waals surface area contributed by atoms with Gasteiger partial charge in [0.2, 0.25) is 0 Å². The van der Waals surface area contributed by atoms with E-state index in [1.165, 1.54) is 33.8 Å². The molecule has 6 rings (SSSR count). The van der Waals surface area contributed by atoms with E-state index in [0.29, 0.717) is 72.4 Å². The number of aryl methyl sites for hydroxylation is 6. The molecule has 0 heterocycles. The zero-order chi connectivity index (χ0) is 54.3. The van der Waals surface area contributed by atoms with Gasteiger partial charge >= 0.3 is 42.0 Å². The lowest BCUT2D eigenvalue weighted by atomic mass is 9.85. The molecule has 0 aliphatic heterocycles. The highest BCUT2D eigenvalue weighted by Crippen LogP contribution is 2.55. The third-order valence-electron chi connectivity index (χ3n) is 12.9. The molecule has 4 aromatic carbocycles. The molecule has 72 heavy (non-hydrogen) atoms. The van der Waals surface area contributed by atoms with Crippen LogP contribution in [-0.4, -0.2) is 58.8 Å². The van der Waals surface area contributed by atoms with Gasteiger partial charge in [-0.2, -0.15) is 52.7 Å². The molecule has 0 aromatic heterocycles. The molecule has 4 aromatic rings. The topological polar surface area (TPSA) is 93.0 Å². The van der Waals surface area contributed by atoms with Crippen LogP contribution in [0, 0.1) is 13.8 Å². The maximum Gasteiger partial charge on any atom is 0.435 e. The van der Waals surface area contributed by atoms with Gasteiger partial charge in [0.25, 0.3) is 0 Å². The van der Waals surface area contributed by atoms with Crippen molar-refractivity contribution in [2.45, 2.75) is 154 Å². The smallest absolute Gasteiger partial charge is 0.435 e. The van der Waals surface area contributed by atoms with Gasteiger partial charge in [0.05, 0.1) is 12.1 Å². The number of carbonyl (C=O) groups excluding carboxylic acids is 3. The number of rotatable bonds is 12. The number of ketones is 2. The van der Waals surface area contributed by atoms with Crippen molar-refractivity contribution >= 4 is 23.2 Å². The molecule has 2 aliphatic rings. The molecule has 0 fully saturated rings. The number of fused-ring (bicyclic) bond motifs is 2. The third-order valence-corrected chi connectivity index (χ3v) is 12.9. The summed E-state index contributed by atoms with van der Waals surface area (Å²) in [5.41, 5.74) is -9.77. The predicted molar refractivity (Wildman–Crippen MR) is 238 cm³/mol. The minimum absolute atomic E-state index is 0.000376. The zero-order valence-corrected chi connectivity index (χ0v) is 40.0. The third kappa shape index (κ3) is 11.5. The van der Waals surface area contributed by atoms with Crippen molar-refractivity contribution in [3.63, 3.8) is 0 Å². The number of oxime groups is 1. The SMILES string of the molecule is CCc1cc(C(F)(C(F)(F)F)C(F)(F)F)cc(C)c1CC(=O)c1ccc2c(c1)CCC2=NO.CCc1cc(C(F)(C(F)(F)F)C(F)(F)F)cc(C)c1CC(=O)c1ccc2c(c1)CCC2CC(=O)OC(C)(C)C. The monoisotopic (exact) mass is 1040 g/mol. The molecule has 1 N–H and O–H groups in total. The van der Waals surface area contributed by atoms with Gasteiger partial charge < -0.3 is 9.94 Å². The average Bonchev–Trinajstić information content (AvgIpc) is 3.87. The Bertz CT molecular complexity index is 2710. The predicted octanol–water partition coefficient (Wildman–Crippen LogP) is 14.4. The van der Waals surface area contributed by atoms with Crippen LogP contribution >= 0.6 is 0 Å². The Labute approximate surface area is 405 Å². The van der Waals surface area contributed by atoms with Crippen LogP contribution < -0.4 is 0 Å². The van der Waals surface area contributed by atoms with Crippen LogP contribution in [0.3, 0.4) is 0 Å². The number of halogens is 14. The summed E-state index contributed by atoms with van der Waals surface area (Å²) in [5.74, 6) is -1.14. The molecule has 0 saturated carbocycles. The molecular formula is C52H51F14NO5. The molecular weight excluding hydrogens is 985 g/mol. The first-order chi connectivity index (χ1) is 33.0. The Morgan fingerprint density at radius 1 is 0.597 bits per heavy atom. The Kier molecular flexibility index (Phi) is 16.3. The first-order valence-electron chi connectivity index (χ1n) is 22.7. The summed E-state index contributed by atoms with van der Waals surface area (Å²) in [6.07, 6.45) is -22.8. The number of nitrogens with zero attached hydrogens (tertiary/aromatic N) is 1. The number of Topliss-reactive ketones (excluding diaryl/α,β-unsaturated/α-hetero) is 2. The van der Waals surface area contributed by atoms with E-state index in [4.69, 9.17) is 9.94 Å². The minimum Gasteiger partial charge on any atom is -0.460 e. The molecule has 20 heteroatoms. The van der Waals surface area contributed by atoms with Gasteiger partial charge in [0.15, 0.2) is 11.6 Å². The fourth-order valence-electron chi connectivity index (χ4n) is 9.24. The Morgan fingerprint density at radius 2 is 1.03 bits per heavy atom. The van der Waals surface area contributed by atoms with Crippen molar-refractivity contribution in [2.75, 3.05) is 0 Å². The van der Waals surface area contributed by atoms with Crippen LogP contribution in [0.1, 0.15) is 147 Å². The second kappa shape index (κ2) is 20.6. The zero-order valence-electron chi connectivity index (χ0n) is 40.0. The van der Waals surface area contributed by atoms with Crippen molar-refractivity contribution in [2.24, 2.45) is 5.16 Å². The van der Waals surface area contributed by atoms with Gasteiger partial charge in [-0.1, -0.05) is 67.5 Å². The second-order valence-electron chi connectivity index (χ2n) is 18.9. The van der Waals surface area contributed by atoms with E-state index in [2.05, 4.69) is 5.16 Å². The number of benzene rings is 4. The van der Waals surface area contributed by atoms with Crippen LogP contribution in [0.2, 0.25) is 0 Å². The highest BCUT2D eigenvalue weighted by molar-refractivity contribution is 6.06. The maximum atomic E-state index is 14.7. The molecule has 6 nitrogen and oxygen atoms in total. The van der Waals surface area contributed by atoms with Crippen molar-refractivity contribution in [1.82, 2.24) is 0 Å². The number of esters is 1. The summed E-state index contributed by atoms with van der Waals surface area (Å²) >= 11 is 0. The first-order valence-corrected chi connectivity index (χ1v) is 22.7. The standard InChI is InChI=1S/C29H31F7O3.C23H20F7NO2/c1-6-17-13-21(27(30,28(31,32)33)29(34,35)36)11-16(2)23(17)15-24(37)20-9-10-22-18(12-20)7-8-19(22)14-25(38)39-26(3,4)5;1-3-13-10-16(21(24,22(25,26)27)23(28,29)30)8-12(2)18(13)11-20(32)15-4-6-17-14(9-15)5-7-19(17)31-33/h9-13,19H,6-8,14-15H2,1-5H3;4,6,8-10,33H,3,5,7,11H2,1-2H3. The van der Waals surface area contributed by atoms with Gasteiger partial charge in [-0.25, -0.2) is 8.78 Å². The summed E-state index contributed by atoms with van der Waals surface area (Å²) in [7, 11) is 0. The highest BCUT2D eigenvalue weighted by Gasteiger charge is 2.74. The number of carbonyl (C=O) groups is 3. The highest BCUT2D eigenvalue weighted by atomic mass is 19.4. The van der Waals surface area contributed by atoms with Crippen molar-refractivity contribution in [1.29, 1.82) is 0 Å². The number of alkyl halides is 14.